The largest absolute Gasteiger partial charge is 0.367 e. The lowest BCUT2D eigenvalue weighted by Crippen LogP contribution is -2.32. The number of carbonyl (C=O) groups is 2. The Labute approximate surface area is 108 Å². The molecule has 1 amide bonds. The van der Waals surface area contributed by atoms with E-state index in [-0.39, 0.29) is 11.4 Å². The minimum Gasteiger partial charge on any atom is -0.367 e. The number of rotatable bonds is 5. The summed E-state index contributed by atoms with van der Waals surface area (Å²) in [5.74, 6) is -1.53. The van der Waals surface area contributed by atoms with E-state index in [4.69, 9.17) is 5.73 Å². The summed E-state index contributed by atoms with van der Waals surface area (Å²) >= 11 is 0. The summed E-state index contributed by atoms with van der Waals surface area (Å²) in [5, 5.41) is 17.9. The molecule has 1 aromatic carbocycles. The van der Waals surface area contributed by atoms with E-state index in [1.165, 1.54) is 12.1 Å². The van der Waals surface area contributed by atoms with E-state index >= 15 is 0 Å². The van der Waals surface area contributed by atoms with E-state index in [1.807, 2.05) is 0 Å². The van der Waals surface area contributed by atoms with Gasteiger partial charge in [-0.05, 0) is 25.5 Å². The summed E-state index contributed by atoms with van der Waals surface area (Å²) in [6, 6.07) is 2.88. The van der Waals surface area contributed by atoms with E-state index in [0.717, 1.165) is 6.92 Å². The molecule has 8 heteroatoms. The fourth-order valence-corrected chi connectivity index (χ4v) is 1.32. The van der Waals surface area contributed by atoms with Crippen LogP contribution in [0.2, 0.25) is 0 Å². The van der Waals surface area contributed by atoms with E-state index in [9.17, 15) is 19.7 Å². The number of hydrogen-bond donors (Lipinski definition) is 1. The number of nitro benzene ring substituents is 1. The standard InChI is InChI=1S/C11H12N4O4/c1-6-3-4-8(9(5-6)15(18)19)13-14-10(7(2)16)11(12)17/h3-5,10H,1-2H3,(H2,12,17). The van der Waals surface area contributed by atoms with E-state index in [1.54, 1.807) is 13.0 Å². The number of amides is 1. The fraction of sp³-hybridized carbons (Fsp3) is 0.273. The molecule has 8 nitrogen and oxygen atoms in total. The summed E-state index contributed by atoms with van der Waals surface area (Å²) in [6.45, 7) is 2.83. The van der Waals surface area contributed by atoms with Gasteiger partial charge in [0, 0.05) is 6.07 Å². The van der Waals surface area contributed by atoms with Crippen LogP contribution in [-0.2, 0) is 9.59 Å². The quantitative estimate of drug-likeness (QED) is 0.373. The SMILES string of the molecule is CC(=O)C(N=Nc1ccc(C)cc1[N+](=O)[O-])C(N)=O. The van der Waals surface area contributed by atoms with Crippen LogP contribution in [0, 0.1) is 17.0 Å². The first-order valence-corrected chi connectivity index (χ1v) is 5.28. The number of nitro groups is 1. The summed E-state index contributed by atoms with van der Waals surface area (Å²) < 4.78 is 0. The van der Waals surface area contributed by atoms with E-state index in [0.29, 0.717) is 5.56 Å². The van der Waals surface area contributed by atoms with Gasteiger partial charge in [0.05, 0.1) is 4.92 Å². The van der Waals surface area contributed by atoms with Gasteiger partial charge in [0.1, 0.15) is 0 Å². The summed E-state index contributed by atoms with van der Waals surface area (Å²) in [6.07, 6.45) is 0. The molecule has 1 aromatic rings. The van der Waals surface area contributed by atoms with Crippen LogP contribution in [0.25, 0.3) is 0 Å². The Hall–Kier alpha value is -2.64. The number of benzene rings is 1. The number of ketones is 1. The number of Topliss-reactive ketones (excluding diaryl/α,β-unsaturated/α-hetero) is 1. The van der Waals surface area contributed by atoms with E-state index < -0.39 is 22.7 Å². The maximum Gasteiger partial charge on any atom is 0.296 e. The molecule has 0 bridgehead atoms. The van der Waals surface area contributed by atoms with Gasteiger partial charge in [-0.2, -0.15) is 5.11 Å². The molecule has 0 saturated heterocycles. The van der Waals surface area contributed by atoms with Gasteiger partial charge in [-0.3, -0.25) is 19.7 Å². The number of aryl methyl sites for hydroxylation is 1. The second-order valence-corrected chi connectivity index (χ2v) is 3.88. The number of azo groups is 1. The molecule has 1 atom stereocenters. The van der Waals surface area contributed by atoms with Crippen molar-refractivity contribution >= 4 is 23.1 Å². The lowest BCUT2D eigenvalue weighted by molar-refractivity contribution is -0.384. The molecular formula is C11H12N4O4. The number of carbonyl (C=O) groups excluding carboxylic acids is 2. The highest BCUT2D eigenvalue weighted by molar-refractivity contribution is 6.03. The highest BCUT2D eigenvalue weighted by Gasteiger charge is 2.20. The molecule has 2 N–H and O–H groups in total. The van der Waals surface area contributed by atoms with Gasteiger partial charge in [-0.1, -0.05) is 6.07 Å². The first-order valence-electron chi connectivity index (χ1n) is 5.28. The highest BCUT2D eigenvalue weighted by Crippen LogP contribution is 2.28. The Balaban J connectivity index is 3.14. The van der Waals surface area contributed by atoms with Gasteiger partial charge in [-0.25, -0.2) is 0 Å². The first kappa shape index (κ1) is 14.4. The molecule has 0 spiro atoms. The maximum absolute atomic E-state index is 11.1. The third-order valence-corrected chi connectivity index (χ3v) is 2.26. The Bertz CT molecular complexity index is 554. The van der Waals surface area contributed by atoms with Crippen LogP contribution in [0.4, 0.5) is 11.4 Å². The van der Waals surface area contributed by atoms with Crippen molar-refractivity contribution in [3.63, 3.8) is 0 Å². The monoisotopic (exact) mass is 264 g/mol. The number of hydrogen-bond acceptors (Lipinski definition) is 6. The molecule has 0 aliphatic heterocycles. The Morgan fingerprint density at radius 1 is 1.42 bits per heavy atom. The molecule has 1 rings (SSSR count). The Morgan fingerprint density at radius 2 is 2.05 bits per heavy atom. The van der Waals surface area contributed by atoms with Crippen molar-refractivity contribution in [2.24, 2.45) is 16.0 Å². The molecule has 0 radical (unpaired) electrons. The maximum atomic E-state index is 11.1. The first-order chi connectivity index (χ1) is 8.82. The lowest BCUT2D eigenvalue weighted by Gasteiger charge is -2.02. The molecule has 100 valence electrons. The third kappa shape index (κ3) is 3.66. The van der Waals surface area contributed by atoms with Crippen LogP contribution in [0.1, 0.15) is 12.5 Å². The molecule has 0 aromatic heterocycles. The van der Waals surface area contributed by atoms with Crippen LogP contribution in [-0.4, -0.2) is 22.7 Å². The Kier molecular flexibility index (Phi) is 4.41. The fourth-order valence-electron chi connectivity index (χ4n) is 1.32. The summed E-state index contributed by atoms with van der Waals surface area (Å²) in [5.41, 5.74) is 5.37. The third-order valence-electron chi connectivity index (χ3n) is 2.26. The molecule has 0 aliphatic carbocycles. The Morgan fingerprint density at radius 3 is 2.53 bits per heavy atom. The molecule has 0 saturated carbocycles. The zero-order chi connectivity index (χ0) is 14.6. The average Bonchev–Trinajstić information content (AvgIpc) is 2.29. The van der Waals surface area contributed by atoms with Crippen molar-refractivity contribution in [2.45, 2.75) is 19.9 Å². The smallest absolute Gasteiger partial charge is 0.296 e. The predicted molar refractivity (Wildman–Crippen MR) is 66.0 cm³/mol. The van der Waals surface area contributed by atoms with Crippen LogP contribution in [0.15, 0.2) is 28.4 Å². The predicted octanol–water partition coefficient (Wildman–Crippen LogP) is 1.43. The topological polar surface area (TPSA) is 128 Å². The van der Waals surface area contributed by atoms with Gasteiger partial charge < -0.3 is 5.73 Å². The van der Waals surface area contributed by atoms with Gasteiger partial charge in [0.15, 0.2) is 11.5 Å². The zero-order valence-electron chi connectivity index (χ0n) is 10.4. The second-order valence-electron chi connectivity index (χ2n) is 3.88. The average molecular weight is 264 g/mol. The van der Waals surface area contributed by atoms with Crippen molar-refractivity contribution in [1.82, 2.24) is 0 Å². The summed E-state index contributed by atoms with van der Waals surface area (Å²) in [7, 11) is 0. The van der Waals surface area contributed by atoms with Crippen molar-refractivity contribution in [2.75, 3.05) is 0 Å². The van der Waals surface area contributed by atoms with Crippen molar-refractivity contribution in [3.05, 3.63) is 33.9 Å². The molecule has 0 fully saturated rings. The lowest BCUT2D eigenvalue weighted by atomic mass is 10.2. The van der Waals surface area contributed by atoms with Crippen LogP contribution < -0.4 is 5.73 Å². The molecule has 1 unspecified atom stereocenters. The van der Waals surface area contributed by atoms with Crippen LogP contribution in [0.5, 0.6) is 0 Å². The van der Waals surface area contributed by atoms with Gasteiger partial charge >= 0.3 is 0 Å². The van der Waals surface area contributed by atoms with Crippen molar-refractivity contribution < 1.29 is 14.5 Å². The second kappa shape index (κ2) is 5.80. The zero-order valence-corrected chi connectivity index (χ0v) is 10.4. The van der Waals surface area contributed by atoms with Crippen LogP contribution in [0.3, 0.4) is 0 Å². The van der Waals surface area contributed by atoms with Gasteiger partial charge in [0.2, 0.25) is 6.04 Å². The highest BCUT2D eigenvalue weighted by atomic mass is 16.6. The minimum atomic E-state index is -1.43. The van der Waals surface area contributed by atoms with E-state index in [2.05, 4.69) is 10.2 Å². The molecule has 0 aliphatic rings. The minimum absolute atomic E-state index is 0.0388. The van der Waals surface area contributed by atoms with Crippen LogP contribution >= 0.6 is 0 Å². The number of primary amides is 1. The molecule has 19 heavy (non-hydrogen) atoms. The molecular weight excluding hydrogens is 252 g/mol. The number of nitrogens with two attached hydrogens (primary N) is 1. The summed E-state index contributed by atoms with van der Waals surface area (Å²) in [4.78, 5) is 32.3. The van der Waals surface area contributed by atoms with Gasteiger partial charge in [-0.15, -0.1) is 5.11 Å². The number of nitrogens with zero attached hydrogens (tertiary/aromatic N) is 3. The van der Waals surface area contributed by atoms with Crippen molar-refractivity contribution in [3.8, 4) is 0 Å². The molecule has 0 heterocycles. The normalized spacial score (nSPS) is 12.3. The van der Waals surface area contributed by atoms with Gasteiger partial charge in [0.25, 0.3) is 11.6 Å². The van der Waals surface area contributed by atoms with Crippen molar-refractivity contribution in [1.29, 1.82) is 0 Å².